The SMILES string of the molecule is Cn1ccnc(NCCc2ccccc2N2CCOCC2)c1=O. The third-order valence-corrected chi connectivity index (χ3v) is 4.05. The highest BCUT2D eigenvalue weighted by Gasteiger charge is 2.14. The predicted molar refractivity (Wildman–Crippen MR) is 91.1 cm³/mol. The fourth-order valence-electron chi connectivity index (χ4n) is 2.77. The van der Waals surface area contributed by atoms with Crippen LogP contribution in [0.1, 0.15) is 5.56 Å². The summed E-state index contributed by atoms with van der Waals surface area (Å²) in [7, 11) is 1.73. The molecular weight excluding hydrogens is 292 g/mol. The zero-order valence-electron chi connectivity index (χ0n) is 13.4. The van der Waals surface area contributed by atoms with Crippen molar-refractivity contribution in [2.45, 2.75) is 6.42 Å². The number of morpholine rings is 1. The number of anilines is 2. The van der Waals surface area contributed by atoms with E-state index in [1.165, 1.54) is 15.8 Å². The molecule has 0 bridgehead atoms. The Morgan fingerprint density at radius 1 is 1.26 bits per heavy atom. The van der Waals surface area contributed by atoms with Crippen molar-refractivity contribution in [2.24, 2.45) is 7.05 Å². The van der Waals surface area contributed by atoms with Gasteiger partial charge in [-0.25, -0.2) is 4.98 Å². The Bertz CT molecular complexity index is 708. The van der Waals surface area contributed by atoms with Gasteiger partial charge >= 0.3 is 0 Å². The number of ether oxygens (including phenoxy) is 1. The number of hydrogen-bond donors (Lipinski definition) is 1. The number of benzene rings is 1. The van der Waals surface area contributed by atoms with E-state index in [0.717, 1.165) is 32.7 Å². The van der Waals surface area contributed by atoms with Crippen LogP contribution in [0.25, 0.3) is 0 Å². The van der Waals surface area contributed by atoms with E-state index < -0.39 is 0 Å². The van der Waals surface area contributed by atoms with E-state index in [2.05, 4.69) is 39.5 Å². The minimum atomic E-state index is -0.103. The van der Waals surface area contributed by atoms with Gasteiger partial charge in [0.05, 0.1) is 13.2 Å². The van der Waals surface area contributed by atoms with Gasteiger partial charge < -0.3 is 19.5 Å². The maximum absolute atomic E-state index is 11.9. The van der Waals surface area contributed by atoms with Gasteiger partial charge in [-0.1, -0.05) is 18.2 Å². The molecule has 1 fully saturated rings. The van der Waals surface area contributed by atoms with Gasteiger partial charge in [-0.15, -0.1) is 0 Å². The Kier molecular flexibility index (Phi) is 4.92. The van der Waals surface area contributed by atoms with Gasteiger partial charge in [0.15, 0.2) is 5.82 Å². The maximum atomic E-state index is 11.9. The molecule has 0 unspecified atom stereocenters. The normalized spacial score (nSPS) is 14.7. The Hall–Kier alpha value is -2.34. The first-order valence-electron chi connectivity index (χ1n) is 7.92. The summed E-state index contributed by atoms with van der Waals surface area (Å²) in [4.78, 5) is 18.4. The molecule has 0 spiro atoms. The molecule has 23 heavy (non-hydrogen) atoms. The second kappa shape index (κ2) is 7.28. The molecule has 6 nitrogen and oxygen atoms in total. The summed E-state index contributed by atoms with van der Waals surface area (Å²) < 4.78 is 6.95. The summed E-state index contributed by atoms with van der Waals surface area (Å²) in [5.41, 5.74) is 2.43. The van der Waals surface area contributed by atoms with Gasteiger partial charge in [0.1, 0.15) is 0 Å². The first-order chi connectivity index (χ1) is 11.3. The van der Waals surface area contributed by atoms with Crippen molar-refractivity contribution in [3.63, 3.8) is 0 Å². The molecule has 1 aromatic heterocycles. The number of rotatable bonds is 5. The molecule has 0 atom stereocenters. The smallest absolute Gasteiger partial charge is 0.293 e. The number of nitrogens with zero attached hydrogens (tertiary/aromatic N) is 3. The van der Waals surface area contributed by atoms with Crippen LogP contribution in [0.3, 0.4) is 0 Å². The van der Waals surface area contributed by atoms with Crippen molar-refractivity contribution >= 4 is 11.5 Å². The lowest BCUT2D eigenvalue weighted by molar-refractivity contribution is 0.122. The highest BCUT2D eigenvalue weighted by atomic mass is 16.5. The average Bonchev–Trinajstić information content (AvgIpc) is 2.60. The minimum Gasteiger partial charge on any atom is -0.378 e. The molecule has 3 rings (SSSR count). The monoisotopic (exact) mass is 314 g/mol. The third kappa shape index (κ3) is 3.71. The number of para-hydroxylation sites is 1. The van der Waals surface area contributed by atoms with Gasteiger partial charge in [-0.3, -0.25) is 4.79 Å². The van der Waals surface area contributed by atoms with E-state index in [-0.39, 0.29) is 5.56 Å². The average molecular weight is 314 g/mol. The molecule has 0 saturated carbocycles. The summed E-state index contributed by atoms with van der Waals surface area (Å²) in [6.07, 6.45) is 4.12. The number of aryl methyl sites for hydroxylation is 1. The lowest BCUT2D eigenvalue weighted by atomic mass is 10.1. The topological polar surface area (TPSA) is 59.4 Å². The highest BCUT2D eigenvalue weighted by molar-refractivity contribution is 5.54. The van der Waals surface area contributed by atoms with Crippen molar-refractivity contribution in [3.05, 3.63) is 52.6 Å². The van der Waals surface area contributed by atoms with Crippen LogP contribution in [0.15, 0.2) is 41.5 Å². The van der Waals surface area contributed by atoms with Crippen LogP contribution < -0.4 is 15.8 Å². The lowest BCUT2D eigenvalue weighted by Crippen LogP contribution is -2.36. The quantitative estimate of drug-likeness (QED) is 0.901. The number of hydrogen-bond acceptors (Lipinski definition) is 5. The molecule has 2 aromatic rings. The van der Waals surface area contributed by atoms with Crippen LogP contribution in [0.5, 0.6) is 0 Å². The second-order valence-corrected chi connectivity index (χ2v) is 5.60. The molecule has 0 radical (unpaired) electrons. The lowest BCUT2D eigenvalue weighted by Gasteiger charge is -2.30. The zero-order valence-corrected chi connectivity index (χ0v) is 13.4. The molecule has 0 aliphatic carbocycles. The largest absolute Gasteiger partial charge is 0.378 e. The third-order valence-electron chi connectivity index (χ3n) is 4.05. The number of nitrogens with one attached hydrogen (secondary N) is 1. The zero-order chi connectivity index (χ0) is 16.1. The molecule has 1 aliphatic rings. The summed E-state index contributed by atoms with van der Waals surface area (Å²) in [5.74, 6) is 0.402. The maximum Gasteiger partial charge on any atom is 0.293 e. The number of aromatic nitrogens is 2. The van der Waals surface area contributed by atoms with Crippen LogP contribution in [-0.2, 0) is 18.2 Å². The van der Waals surface area contributed by atoms with E-state index in [9.17, 15) is 4.79 Å². The Labute approximate surface area is 135 Å². The predicted octanol–water partition coefficient (Wildman–Crippen LogP) is 1.27. The van der Waals surface area contributed by atoms with Crippen molar-refractivity contribution < 1.29 is 4.74 Å². The van der Waals surface area contributed by atoms with Crippen molar-refractivity contribution in [1.82, 2.24) is 9.55 Å². The standard InChI is InChI=1S/C17H22N4O2/c1-20-9-8-19-16(17(20)22)18-7-6-14-4-2-3-5-15(14)21-10-12-23-13-11-21/h2-5,8-9H,6-7,10-13H2,1H3,(H,18,19). The first-order valence-corrected chi connectivity index (χ1v) is 7.92. The van der Waals surface area contributed by atoms with Crippen LogP contribution in [0.4, 0.5) is 11.5 Å². The first kappa shape index (κ1) is 15.6. The van der Waals surface area contributed by atoms with E-state index in [1.54, 1.807) is 19.4 Å². The fourth-order valence-corrected chi connectivity index (χ4v) is 2.77. The van der Waals surface area contributed by atoms with Crippen molar-refractivity contribution in [3.8, 4) is 0 Å². The molecule has 1 saturated heterocycles. The summed E-state index contributed by atoms with van der Waals surface area (Å²) in [6, 6.07) is 8.42. The molecule has 2 heterocycles. The molecule has 6 heteroatoms. The van der Waals surface area contributed by atoms with Crippen LogP contribution in [-0.4, -0.2) is 42.4 Å². The second-order valence-electron chi connectivity index (χ2n) is 5.60. The summed E-state index contributed by atoms with van der Waals surface area (Å²) >= 11 is 0. The molecule has 0 amide bonds. The van der Waals surface area contributed by atoms with Gasteiger partial charge in [0.2, 0.25) is 0 Å². The fraction of sp³-hybridized carbons (Fsp3) is 0.412. The van der Waals surface area contributed by atoms with Crippen molar-refractivity contribution in [2.75, 3.05) is 43.1 Å². The Balaban J connectivity index is 1.66. The van der Waals surface area contributed by atoms with Gasteiger partial charge in [-0.2, -0.15) is 0 Å². The summed E-state index contributed by atoms with van der Waals surface area (Å²) in [5, 5.41) is 3.14. The Morgan fingerprint density at radius 3 is 2.87 bits per heavy atom. The van der Waals surface area contributed by atoms with Gasteiger partial charge in [0, 0.05) is 44.8 Å². The molecule has 1 N–H and O–H groups in total. The van der Waals surface area contributed by atoms with Gasteiger partial charge in [-0.05, 0) is 18.1 Å². The Morgan fingerprint density at radius 2 is 2.04 bits per heavy atom. The molecule has 1 aliphatic heterocycles. The van der Waals surface area contributed by atoms with E-state index in [4.69, 9.17) is 4.74 Å². The van der Waals surface area contributed by atoms with Gasteiger partial charge in [0.25, 0.3) is 5.56 Å². The molecular formula is C17H22N4O2. The van der Waals surface area contributed by atoms with E-state index >= 15 is 0 Å². The van der Waals surface area contributed by atoms with Crippen molar-refractivity contribution in [1.29, 1.82) is 0 Å². The highest BCUT2D eigenvalue weighted by Crippen LogP contribution is 2.21. The van der Waals surface area contributed by atoms with Crippen LogP contribution in [0, 0.1) is 0 Å². The summed E-state index contributed by atoms with van der Waals surface area (Å²) in [6.45, 7) is 4.07. The van der Waals surface area contributed by atoms with Crippen LogP contribution >= 0.6 is 0 Å². The van der Waals surface area contributed by atoms with Crippen LogP contribution in [0.2, 0.25) is 0 Å². The minimum absolute atomic E-state index is 0.103. The molecule has 122 valence electrons. The van der Waals surface area contributed by atoms with E-state index in [1.807, 2.05) is 0 Å². The molecule has 1 aromatic carbocycles. The van der Waals surface area contributed by atoms with E-state index in [0.29, 0.717) is 12.4 Å².